The van der Waals surface area contributed by atoms with Crippen molar-refractivity contribution in [3.63, 3.8) is 0 Å². The number of alkyl halides is 3. The van der Waals surface area contributed by atoms with Crippen molar-refractivity contribution in [2.45, 2.75) is 12.2 Å². The predicted octanol–water partition coefficient (Wildman–Crippen LogP) is 5.03. The largest absolute Gasteiger partial charge is 0.493 e. The third kappa shape index (κ3) is 2.80. The van der Waals surface area contributed by atoms with Gasteiger partial charge in [-0.25, -0.2) is 9.98 Å². The summed E-state index contributed by atoms with van der Waals surface area (Å²) in [6, 6.07) is 5.44. The lowest BCUT2D eigenvalue weighted by Crippen LogP contribution is -2.44. The quantitative estimate of drug-likeness (QED) is 0.716. The van der Waals surface area contributed by atoms with Crippen LogP contribution in [0.2, 0.25) is 5.02 Å². The number of ether oxygens (including phenoxy) is 2. The van der Waals surface area contributed by atoms with Crippen LogP contribution in [-0.2, 0) is 0 Å². The molecule has 2 aliphatic heterocycles. The van der Waals surface area contributed by atoms with Gasteiger partial charge in [0.1, 0.15) is 5.84 Å². The molecule has 140 valence electrons. The molecule has 0 fully saturated rings. The van der Waals surface area contributed by atoms with E-state index in [2.05, 4.69) is 9.98 Å². The molecule has 0 spiro atoms. The zero-order valence-corrected chi connectivity index (χ0v) is 15.0. The number of amidine groups is 1. The normalized spacial score (nSPS) is 17.6. The van der Waals surface area contributed by atoms with E-state index in [1.807, 2.05) is 0 Å². The molecule has 0 saturated carbocycles. The zero-order valence-electron chi connectivity index (χ0n) is 14.2. The smallest absolute Gasteiger partial charge is 0.413 e. The average Bonchev–Trinajstić information content (AvgIpc) is 2.63. The minimum Gasteiger partial charge on any atom is -0.493 e. The highest BCUT2D eigenvalue weighted by Crippen LogP contribution is 2.48. The van der Waals surface area contributed by atoms with E-state index in [1.54, 1.807) is 12.1 Å². The Kier molecular flexibility index (Phi) is 4.03. The third-order valence-corrected chi connectivity index (χ3v) is 4.65. The van der Waals surface area contributed by atoms with Gasteiger partial charge >= 0.3 is 6.18 Å². The molecule has 2 aromatic rings. The van der Waals surface area contributed by atoms with E-state index >= 15 is 0 Å². The second-order valence-corrected chi connectivity index (χ2v) is 6.40. The van der Waals surface area contributed by atoms with Crippen LogP contribution in [0.1, 0.15) is 17.2 Å². The Morgan fingerprint density at radius 2 is 1.74 bits per heavy atom. The van der Waals surface area contributed by atoms with Crippen molar-refractivity contribution in [2.24, 2.45) is 9.98 Å². The van der Waals surface area contributed by atoms with Crippen LogP contribution in [0.5, 0.6) is 11.5 Å². The van der Waals surface area contributed by atoms with Gasteiger partial charge in [0.15, 0.2) is 17.5 Å². The summed E-state index contributed by atoms with van der Waals surface area (Å²) in [6.45, 7) is 0. The van der Waals surface area contributed by atoms with E-state index in [4.69, 9.17) is 21.1 Å². The van der Waals surface area contributed by atoms with Gasteiger partial charge in [-0.15, -0.1) is 0 Å². The van der Waals surface area contributed by atoms with Crippen molar-refractivity contribution in [1.29, 1.82) is 0 Å². The van der Waals surface area contributed by atoms with Gasteiger partial charge in [-0.3, -0.25) is 4.90 Å². The zero-order chi connectivity index (χ0) is 19.3. The maximum Gasteiger partial charge on any atom is 0.413 e. The van der Waals surface area contributed by atoms with Gasteiger partial charge in [0.2, 0.25) is 0 Å². The molecular weight excluding hydrogens is 383 g/mol. The molecule has 0 bridgehead atoms. The number of nitrogens with zero attached hydrogens (tertiary/aromatic N) is 3. The van der Waals surface area contributed by atoms with Crippen molar-refractivity contribution in [3.05, 3.63) is 46.5 Å². The molecule has 5 nitrogen and oxygen atoms in total. The highest BCUT2D eigenvalue weighted by molar-refractivity contribution is 6.31. The summed E-state index contributed by atoms with van der Waals surface area (Å²) in [5, 5.41) is 0.310. The first-order valence-corrected chi connectivity index (χ1v) is 8.25. The standard InChI is InChI=1S/C18H13ClF3N3O2/c1-26-14-6-11-12(7-15(14)27-2)23-8-25-16(18(20,21)22)10-4-3-9(19)5-13(10)24-17(11)25/h3-8,16H,1-2H3. The SMILES string of the molecule is COc1cc2c(cc1OC)C1=Nc3cc(Cl)ccc3C(C(F)(F)F)N1C=N2. The second-order valence-electron chi connectivity index (χ2n) is 5.96. The number of methoxy groups -OCH3 is 2. The van der Waals surface area contributed by atoms with Crippen molar-refractivity contribution in [1.82, 2.24) is 4.90 Å². The average molecular weight is 396 g/mol. The van der Waals surface area contributed by atoms with Crippen LogP contribution >= 0.6 is 11.6 Å². The van der Waals surface area contributed by atoms with Crippen LogP contribution in [0, 0.1) is 0 Å². The molecule has 0 aromatic heterocycles. The number of rotatable bonds is 2. The fourth-order valence-corrected chi connectivity index (χ4v) is 3.39. The highest BCUT2D eigenvalue weighted by Gasteiger charge is 2.49. The van der Waals surface area contributed by atoms with Gasteiger partial charge in [0.05, 0.1) is 31.9 Å². The Balaban J connectivity index is 1.97. The first-order valence-electron chi connectivity index (χ1n) is 7.87. The Bertz CT molecular complexity index is 989. The summed E-state index contributed by atoms with van der Waals surface area (Å²) in [6.07, 6.45) is -3.40. The lowest BCUT2D eigenvalue weighted by Gasteiger charge is -2.38. The summed E-state index contributed by atoms with van der Waals surface area (Å²) >= 11 is 5.97. The number of hydrogen-bond acceptors (Lipinski definition) is 5. The van der Waals surface area contributed by atoms with Gasteiger partial charge in [0, 0.05) is 22.2 Å². The molecule has 27 heavy (non-hydrogen) atoms. The number of benzene rings is 2. The second kappa shape index (κ2) is 6.16. The molecule has 0 aliphatic carbocycles. The monoisotopic (exact) mass is 395 g/mol. The van der Waals surface area contributed by atoms with E-state index < -0.39 is 12.2 Å². The Morgan fingerprint density at radius 1 is 1.04 bits per heavy atom. The molecule has 2 aliphatic rings. The summed E-state index contributed by atoms with van der Waals surface area (Å²) in [5.41, 5.74) is 1.04. The van der Waals surface area contributed by atoms with Gasteiger partial charge in [-0.05, 0) is 18.2 Å². The van der Waals surface area contributed by atoms with E-state index in [1.165, 1.54) is 32.4 Å². The first kappa shape index (κ1) is 17.7. The molecule has 0 radical (unpaired) electrons. The minimum atomic E-state index is -4.54. The Morgan fingerprint density at radius 3 is 2.41 bits per heavy atom. The van der Waals surface area contributed by atoms with Crippen molar-refractivity contribution in [3.8, 4) is 11.5 Å². The number of aliphatic imine (C=N–C) groups is 2. The van der Waals surface area contributed by atoms with E-state index in [-0.39, 0.29) is 17.1 Å². The minimum absolute atomic E-state index is 0.0195. The summed E-state index contributed by atoms with van der Waals surface area (Å²) in [7, 11) is 2.92. The molecule has 0 N–H and O–H groups in total. The van der Waals surface area contributed by atoms with Crippen LogP contribution in [0.25, 0.3) is 0 Å². The molecular formula is C18H13ClF3N3O2. The molecule has 9 heteroatoms. The van der Waals surface area contributed by atoms with Crippen molar-refractivity contribution in [2.75, 3.05) is 14.2 Å². The highest BCUT2D eigenvalue weighted by atomic mass is 35.5. The molecule has 1 atom stereocenters. The topological polar surface area (TPSA) is 46.4 Å². The van der Waals surface area contributed by atoms with Crippen LogP contribution in [0.3, 0.4) is 0 Å². The first-order chi connectivity index (χ1) is 12.8. The fraction of sp³-hybridized carbons (Fsp3) is 0.222. The third-order valence-electron chi connectivity index (χ3n) is 4.41. The van der Waals surface area contributed by atoms with Crippen LogP contribution in [0.15, 0.2) is 40.3 Å². The van der Waals surface area contributed by atoms with Gasteiger partial charge in [-0.1, -0.05) is 17.7 Å². The Labute approximate surface area is 157 Å². The van der Waals surface area contributed by atoms with E-state index in [0.717, 1.165) is 11.2 Å². The maximum atomic E-state index is 13.9. The summed E-state index contributed by atoms with van der Waals surface area (Å²) in [4.78, 5) is 9.63. The van der Waals surface area contributed by atoms with Crippen LogP contribution in [-0.4, -0.2) is 37.5 Å². The number of hydrogen-bond donors (Lipinski definition) is 0. The molecule has 1 unspecified atom stereocenters. The molecule has 0 saturated heterocycles. The summed E-state index contributed by atoms with van der Waals surface area (Å²) in [5.74, 6) is 0.920. The molecule has 0 amide bonds. The maximum absolute atomic E-state index is 13.9. The van der Waals surface area contributed by atoms with E-state index in [0.29, 0.717) is 27.8 Å². The van der Waals surface area contributed by atoms with Crippen LogP contribution < -0.4 is 9.47 Å². The summed E-state index contributed by atoms with van der Waals surface area (Å²) < 4.78 is 52.2. The van der Waals surface area contributed by atoms with Gasteiger partial charge in [0.25, 0.3) is 0 Å². The lowest BCUT2D eigenvalue weighted by molar-refractivity contribution is -0.168. The molecule has 4 rings (SSSR count). The molecule has 2 heterocycles. The van der Waals surface area contributed by atoms with Gasteiger partial charge in [-0.2, -0.15) is 13.2 Å². The predicted molar refractivity (Wildman–Crippen MR) is 96.0 cm³/mol. The van der Waals surface area contributed by atoms with Gasteiger partial charge < -0.3 is 9.47 Å². The van der Waals surface area contributed by atoms with Crippen LogP contribution in [0.4, 0.5) is 24.5 Å². The fourth-order valence-electron chi connectivity index (χ4n) is 3.22. The Hall–Kier alpha value is -2.74. The van der Waals surface area contributed by atoms with Crippen molar-refractivity contribution >= 4 is 35.1 Å². The van der Waals surface area contributed by atoms with E-state index in [9.17, 15) is 13.2 Å². The number of fused-ring (bicyclic) bond motifs is 4. The lowest BCUT2D eigenvalue weighted by atomic mass is 9.97. The number of halogens is 4. The van der Waals surface area contributed by atoms with Crippen molar-refractivity contribution < 1.29 is 22.6 Å². The molecule has 2 aromatic carbocycles.